The van der Waals surface area contributed by atoms with Gasteiger partial charge in [-0.1, -0.05) is 56.3 Å². The lowest BCUT2D eigenvalue weighted by molar-refractivity contribution is -0.133. The number of amides is 2. The van der Waals surface area contributed by atoms with E-state index >= 15 is 0 Å². The summed E-state index contributed by atoms with van der Waals surface area (Å²) in [6.45, 7) is 9.76. The van der Waals surface area contributed by atoms with Crippen molar-refractivity contribution in [2.45, 2.75) is 50.5 Å². The minimum absolute atomic E-state index is 0.00971. The van der Waals surface area contributed by atoms with Crippen molar-refractivity contribution in [2.75, 3.05) is 45.5 Å². The van der Waals surface area contributed by atoms with Crippen molar-refractivity contribution in [2.24, 2.45) is 17.3 Å². The van der Waals surface area contributed by atoms with Gasteiger partial charge in [0.15, 0.2) is 9.84 Å². The van der Waals surface area contributed by atoms with E-state index in [1.54, 1.807) is 12.1 Å². The van der Waals surface area contributed by atoms with Gasteiger partial charge >= 0.3 is 0 Å². The predicted molar refractivity (Wildman–Crippen MR) is 152 cm³/mol. The predicted octanol–water partition coefficient (Wildman–Crippen LogP) is 3.80. The molecule has 2 amide bonds. The second-order valence-electron chi connectivity index (χ2n) is 12.3. The molecule has 0 aromatic heterocycles. The molecule has 5 rings (SSSR count). The van der Waals surface area contributed by atoms with Crippen LogP contribution in [0.1, 0.15) is 50.2 Å². The number of piperidine rings is 1. The molecule has 210 valence electrons. The average Bonchev–Trinajstić information content (AvgIpc) is 3.46. The molecule has 3 aliphatic heterocycles. The highest BCUT2D eigenvalue weighted by Crippen LogP contribution is 2.42. The Morgan fingerprint density at radius 2 is 1.67 bits per heavy atom. The minimum Gasteiger partial charge on any atom is -0.342 e. The number of rotatable bonds is 7. The summed E-state index contributed by atoms with van der Waals surface area (Å²) in [6.07, 6.45) is 3.80. The molecule has 0 saturated carbocycles. The van der Waals surface area contributed by atoms with Gasteiger partial charge in [-0.25, -0.2) is 8.42 Å². The van der Waals surface area contributed by atoms with Gasteiger partial charge in [0.05, 0.1) is 4.90 Å². The van der Waals surface area contributed by atoms with Gasteiger partial charge in [-0.05, 0) is 60.5 Å². The van der Waals surface area contributed by atoms with Gasteiger partial charge in [0.1, 0.15) is 0 Å². The summed E-state index contributed by atoms with van der Waals surface area (Å²) in [4.78, 5) is 32.7. The van der Waals surface area contributed by atoms with E-state index < -0.39 is 9.84 Å². The van der Waals surface area contributed by atoms with E-state index in [0.717, 1.165) is 57.7 Å². The van der Waals surface area contributed by atoms with Crippen molar-refractivity contribution in [1.82, 2.24) is 14.7 Å². The zero-order valence-corrected chi connectivity index (χ0v) is 24.2. The first-order valence-corrected chi connectivity index (χ1v) is 16.0. The van der Waals surface area contributed by atoms with Gasteiger partial charge in [0.2, 0.25) is 11.8 Å². The molecule has 3 fully saturated rings. The Morgan fingerprint density at radius 1 is 1.00 bits per heavy atom. The van der Waals surface area contributed by atoms with Crippen LogP contribution in [0.3, 0.4) is 0 Å². The molecule has 3 saturated heterocycles. The molecule has 0 bridgehead atoms. The van der Waals surface area contributed by atoms with Crippen LogP contribution in [0.25, 0.3) is 0 Å². The first kappa shape index (κ1) is 27.8. The summed E-state index contributed by atoms with van der Waals surface area (Å²) in [5, 5.41) is 0. The molecule has 2 aromatic rings. The number of hydrogen-bond donors (Lipinski definition) is 0. The van der Waals surface area contributed by atoms with Gasteiger partial charge in [-0.15, -0.1) is 0 Å². The van der Waals surface area contributed by atoms with Gasteiger partial charge in [-0.2, -0.15) is 0 Å². The molecule has 2 aromatic carbocycles. The molecule has 39 heavy (non-hydrogen) atoms. The van der Waals surface area contributed by atoms with Crippen LogP contribution in [-0.2, 0) is 26.0 Å². The number of benzene rings is 2. The Balaban J connectivity index is 1.19. The van der Waals surface area contributed by atoms with Gasteiger partial charge in [-0.3, -0.25) is 9.59 Å². The number of sulfone groups is 1. The largest absolute Gasteiger partial charge is 0.342 e. The van der Waals surface area contributed by atoms with Gasteiger partial charge in [0.25, 0.3) is 0 Å². The van der Waals surface area contributed by atoms with Gasteiger partial charge in [0, 0.05) is 57.2 Å². The van der Waals surface area contributed by atoms with Crippen LogP contribution in [0, 0.1) is 17.3 Å². The van der Waals surface area contributed by atoms with E-state index in [4.69, 9.17) is 0 Å². The molecule has 1 spiro atoms. The van der Waals surface area contributed by atoms with Gasteiger partial charge < -0.3 is 14.7 Å². The molecule has 0 unspecified atom stereocenters. The van der Waals surface area contributed by atoms with E-state index in [-0.39, 0.29) is 23.1 Å². The second-order valence-corrected chi connectivity index (χ2v) is 14.3. The molecule has 0 radical (unpaired) electrons. The zero-order valence-electron chi connectivity index (χ0n) is 23.4. The quantitative estimate of drug-likeness (QED) is 0.523. The third-order valence-corrected chi connectivity index (χ3v) is 10.1. The molecule has 7 nitrogen and oxygen atoms in total. The minimum atomic E-state index is -3.23. The fourth-order valence-corrected chi connectivity index (χ4v) is 7.37. The summed E-state index contributed by atoms with van der Waals surface area (Å²) in [5.74, 6) is 1.20. The van der Waals surface area contributed by atoms with Crippen molar-refractivity contribution in [3.05, 3.63) is 65.7 Å². The van der Waals surface area contributed by atoms with E-state index in [2.05, 4.69) is 34.1 Å². The first-order valence-electron chi connectivity index (χ1n) is 14.2. The van der Waals surface area contributed by atoms with Crippen molar-refractivity contribution in [1.29, 1.82) is 0 Å². The maximum atomic E-state index is 13.0. The molecular formula is C31H41N3O4S. The fraction of sp³-hybridized carbons (Fsp3) is 0.548. The molecule has 0 aliphatic carbocycles. The normalized spacial score (nSPS) is 23.7. The lowest BCUT2D eigenvalue weighted by Gasteiger charge is -2.40. The second kappa shape index (κ2) is 11.0. The highest BCUT2D eigenvalue weighted by Gasteiger charge is 2.45. The number of likely N-dealkylation sites (tertiary alicyclic amines) is 3. The Labute approximate surface area is 233 Å². The molecule has 3 heterocycles. The number of carbonyl (C=O) groups excluding carboxylic acids is 2. The van der Waals surface area contributed by atoms with E-state index in [0.29, 0.717) is 29.7 Å². The summed E-state index contributed by atoms with van der Waals surface area (Å²) in [5.41, 5.74) is 2.30. The van der Waals surface area contributed by atoms with Crippen LogP contribution < -0.4 is 0 Å². The fourth-order valence-electron chi connectivity index (χ4n) is 6.74. The van der Waals surface area contributed by atoms with Crippen LogP contribution in [0.2, 0.25) is 0 Å². The van der Waals surface area contributed by atoms with Crippen molar-refractivity contribution in [3.63, 3.8) is 0 Å². The Hall–Kier alpha value is -2.71. The van der Waals surface area contributed by atoms with Crippen molar-refractivity contribution >= 4 is 21.7 Å². The molecule has 3 aliphatic rings. The third-order valence-electron chi connectivity index (χ3n) is 9.01. The topological polar surface area (TPSA) is 78.0 Å². The van der Waals surface area contributed by atoms with E-state index in [1.165, 1.54) is 11.8 Å². The Morgan fingerprint density at radius 3 is 2.28 bits per heavy atom. The molecule has 0 N–H and O–H groups in total. The lowest BCUT2D eigenvalue weighted by atomic mass is 9.77. The summed E-state index contributed by atoms with van der Waals surface area (Å²) in [7, 11) is -3.23. The molecular weight excluding hydrogens is 510 g/mol. The number of carbonyl (C=O) groups is 2. The number of hydrogen-bond acceptors (Lipinski definition) is 5. The van der Waals surface area contributed by atoms with Crippen LogP contribution >= 0.6 is 0 Å². The molecule has 2 atom stereocenters. The third kappa shape index (κ3) is 6.22. The first-order chi connectivity index (χ1) is 18.5. The summed E-state index contributed by atoms with van der Waals surface area (Å²) >= 11 is 0. The summed E-state index contributed by atoms with van der Waals surface area (Å²) in [6, 6.07) is 17.5. The highest BCUT2D eigenvalue weighted by atomic mass is 32.2. The number of nitrogens with zero attached hydrogens (tertiary/aromatic N) is 3. The SMILES string of the molecule is CC(C)C(=O)N1C[C@H](CN2CCC3(CC2)CC(=O)N(Cc2ccc(S(C)(=O)=O)cc2)C3)[C@@H](c2ccccc2)C1. The van der Waals surface area contributed by atoms with Crippen molar-refractivity contribution < 1.29 is 18.0 Å². The standard InChI is InChI=1S/C31H41N3O4S/c1-23(2)30(36)33-20-26(28(21-33)25-7-5-4-6-8-25)19-32-15-13-31(14-16-32)17-29(35)34(22-31)18-24-9-11-27(12-10-24)39(3,37)38/h4-12,23,26,28H,13-22H2,1-3H3/t26-,28+/m0/s1. The smallest absolute Gasteiger partial charge is 0.225 e. The maximum absolute atomic E-state index is 13.0. The van der Waals surface area contributed by atoms with Crippen LogP contribution in [-0.4, -0.2) is 80.5 Å². The van der Waals surface area contributed by atoms with Crippen molar-refractivity contribution in [3.8, 4) is 0 Å². The highest BCUT2D eigenvalue weighted by molar-refractivity contribution is 7.90. The van der Waals surface area contributed by atoms with Crippen LogP contribution in [0.15, 0.2) is 59.5 Å². The lowest BCUT2D eigenvalue weighted by Crippen LogP contribution is -2.44. The monoisotopic (exact) mass is 551 g/mol. The molecule has 8 heteroatoms. The zero-order chi connectivity index (χ0) is 27.8. The van der Waals surface area contributed by atoms with Crippen LogP contribution in [0.4, 0.5) is 0 Å². The van der Waals surface area contributed by atoms with E-state index in [9.17, 15) is 18.0 Å². The maximum Gasteiger partial charge on any atom is 0.225 e. The Bertz CT molecular complexity index is 1280. The van der Waals surface area contributed by atoms with E-state index in [1.807, 2.05) is 36.9 Å². The Kier molecular flexibility index (Phi) is 7.89. The van der Waals surface area contributed by atoms with Crippen LogP contribution in [0.5, 0.6) is 0 Å². The average molecular weight is 552 g/mol. The summed E-state index contributed by atoms with van der Waals surface area (Å²) < 4.78 is 23.5.